The summed E-state index contributed by atoms with van der Waals surface area (Å²) in [7, 11) is 0. The summed E-state index contributed by atoms with van der Waals surface area (Å²) in [6.07, 6.45) is 5.46. The monoisotopic (exact) mass is 267 g/mol. The highest BCUT2D eigenvalue weighted by molar-refractivity contribution is 5.74. The molecule has 5 nitrogen and oxygen atoms in total. The van der Waals surface area contributed by atoms with E-state index in [0.29, 0.717) is 0 Å². The number of imidazole rings is 1. The predicted molar refractivity (Wildman–Crippen MR) is 80.0 cm³/mol. The summed E-state index contributed by atoms with van der Waals surface area (Å²) in [6.45, 7) is 6.51. The van der Waals surface area contributed by atoms with Crippen LogP contribution in [0.2, 0.25) is 0 Å². The molecule has 0 aliphatic rings. The van der Waals surface area contributed by atoms with Gasteiger partial charge in [0.25, 0.3) is 0 Å². The van der Waals surface area contributed by atoms with Crippen molar-refractivity contribution in [2.45, 2.75) is 19.5 Å². The highest BCUT2D eigenvalue weighted by atomic mass is 15.2. The number of aromatic nitrogens is 4. The molecular weight excluding hydrogens is 250 g/mol. The molecule has 2 aromatic heterocycles. The Bertz CT molecular complexity index is 692. The number of H-pyrrole nitrogens is 1. The molecule has 2 heterocycles. The Morgan fingerprint density at radius 3 is 3.05 bits per heavy atom. The van der Waals surface area contributed by atoms with Crippen molar-refractivity contribution in [2.75, 3.05) is 0 Å². The number of benzene rings is 1. The van der Waals surface area contributed by atoms with Crippen molar-refractivity contribution >= 4 is 17.2 Å². The minimum Gasteiger partial charge on any atom is -0.341 e. The van der Waals surface area contributed by atoms with Crippen LogP contribution in [0.4, 0.5) is 0 Å². The van der Waals surface area contributed by atoms with Crippen LogP contribution >= 0.6 is 0 Å². The van der Waals surface area contributed by atoms with E-state index in [9.17, 15) is 0 Å². The Labute approximate surface area is 117 Å². The summed E-state index contributed by atoms with van der Waals surface area (Å²) in [5.74, 6) is 0.947. The predicted octanol–water partition coefficient (Wildman–Crippen LogP) is 2.71. The largest absolute Gasteiger partial charge is 0.341 e. The Hall–Kier alpha value is -2.40. The zero-order valence-corrected chi connectivity index (χ0v) is 11.4. The van der Waals surface area contributed by atoms with Gasteiger partial charge in [-0.2, -0.15) is 5.10 Å². The van der Waals surface area contributed by atoms with Crippen molar-refractivity contribution in [1.29, 1.82) is 0 Å². The van der Waals surface area contributed by atoms with Gasteiger partial charge in [0.1, 0.15) is 5.82 Å². The second-order valence-electron chi connectivity index (χ2n) is 4.75. The normalized spacial score (nSPS) is 12.7. The van der Waals surface area contributed by atoms with Crippen LogP contribution in [0.5, 0.6) is 0 Å². The lowest BCUT2D eigenvalue weighted by Crippen LogP contribution is -2.18. The molecule has 0 saturated carbocycles. The number of hydrogen-bond donors (Lipinski definition) is 2. The fourth-order valence-corrected chi connectivity index (χ4v) is 2.11. The summed E-state index contributed by atoms with van der Waals surface area (Å²) in [5, 5.41) is 7.59. The number of para-hydroxylation sites is 2. The first-order valence-corrected chi connectivity index (χ1v) is 6.60. The highest BCUT2D eigenvalue weighted by Crippen LogP contribution is 2.15. The number of aromatic amines is 1. The molecule has 2 N–H and O–H groups in total. The third-order valence-corrected chi connectivity index (χ3v) is 3.27. The van der Waals surface area contributed by atoms with Crippen LogP contribution in [0.1, 0.15) is 24.4 Å². The first-order valence-electron chi connectivity index (χ1n) is 6.60. The Balaban J connectivity index is 1.69. The molecule has 0 spiro atoms. The standard InChI is InChI=1S/C15H17N5/c1-3-20-10-12(9-17-20)8-16-11(2)15-18-13-6-4-5-7-14(13)19-15/h3-7,9-11,16H,1,8H2,2H3,(H,18,19). The van der Waals surface area contributed by atoms with Crippen molar-refractivity contribution in [3.63, 3.8) is 0 Å². The van der Waals surface area contributed by atoms with Crippen LogP contribution in [-0.4, -0.2) is 19.7 Å². The Kier molecular flexibility index (Phi) is 3.35. The molecule has 1 unspecified atom stereocenters. The van der Waals surface area contributed by atoms with E-state index in [0.717, 1.165) is 29.0 Å². The van der Waals surface area contributed by atoms with E-state index in [4.69, 9.17) is 0 Å². The molecule has 0 aliphatic heterocycles. The van der Waals surface area contributed by atoms with Crippen LogP contribution in [0.15, 0.2) is 43.2 Å². The van der Waals surface area contributed by atoms with Crippen LogP contribution in [0, 0.1) is 0 Å². The summed E-state index contributed by atoms with van der Waals surface area (Å²) < 4.78 is 1.70. The maximum atomic E-state index is 4.59. The van der Waals surface area contributed by atoms with Crippen LogP contribution in [-0.2, 0) is 6.54 Å². The lowest BCUT2D eigenvalue weighted by Gasteiger charge is -2.09. The second kappa shape index (κ2) is 5.30. The molecule has 0 aliphatic carbocycles. The molecule has 0 saturated heterocycles. The quantitative estimate of drug-likeness (QED) is 0.747. The lowest BCUT2D eigenvalue weighted by molar-refractivity contribution is 0.552. The number of rotatable bonds is 5. The van der Waals surface area contributed by atoms with E-state index in [1.165, 1.54) is 0 Å². The maximum Gasteiger partial charge on any atom is 0.124 e. The smallest absolute Gasteiger partial charge is 0.124 e. The van der Waals surface area contributed by atoms with Gasteiger partial charge in [0.05, 0.1) is 23.3 Å². The topological polar surface area (TPSA) is 58.5 Å². The van der Waals surface area contributed by atoms with Gasteiger partial charge in [0.2, 0.25) is 0 Å². The number of nitrogens with zero attached hydrogens (tertiary/aromatic N) is 3. The molecule has 102 valence electrons. The summed E-state index contributed by atoms with van der Waals surface area (Å²) >= 11 is 0. The molecule has 3 aromatic rings. The summed E-state index contributed by atoms with van der Waals surface area (Å²) in [5.41, 5.74) is 3.18. The first-order chi connectivity index (χ1) is 9.76. The van der Waals surface area contributed by atoms with Gasteiger partial charge in [-0.15, -0.1) is 0 Å². The lowest BCUT2D eigenvalue weighted by atomic mass is 10.3. The SMILES string of the molecule is C=Cn1cc(CNC(C)c2nc3ccccc3[nH]2)cn1. The minimum absolute atomic E-state index is 0.148. The fourth-order valence-electron chi connectivity index (χ4n) is 2.11. The Morgan fingerprint density at radius 1 is 1.45 bits per heavy atom. The third-order valence-electron chi connectivity index (χ3n) is 3.27. The highest BCUT2D eigenvalue weighted by Gasteiger charge is 2.10. The van der Waals surface area contributed by atoms with Crippen LogP contribution in [0.25, 0.3) is 17.2 Å². The van der Waals surface area contributed by atoms with Gasteiger partial charge in [0.15, 0.2) is 0 Å². The molecule has 20 heavy (non-hydrogen) atoms. The van der Waals surface area contributed by atoms with Crippen LogP contribution < -0.4 is 5.32 Å². The van der Waals surface area contributed by atoms with E-state index < -0.39 is 0 Å². The van der Waals surface area contributed by atoms with Gasteiger partial charge in [-0.05, 0) is 19.1 Å². The van der Waals surface area contributed by atoms with Crippen LogP contribution in [0.3, 0.4) is 0 Å². The van der Waals surface area contributed by atoms with E-state index in [2.05, 4.69) is 33.9 Å². The average Bonchev–Trinajstić information content (AvgIpc) is 3.10. The summed E-state index contributed by atoms with van der Waals surface area (Å²) in [6, 6.07) is 8.19. The molecular formula is C15H17N5. The first kappa shape index (κ1) is 12.6. The molecule has 0 radical (unpaired) electrons. The minimum atomic E-state index is 0.148. The zero-order valence-electron chi connectivity index (χ0n) is 11.4. The van der Waals surface area contributed by atoms with Crippen molar-refractivity contribution in [1.82, 2.24) is 25.1 Å². The fraction of sp³-hybridized carbons (Fsp3) is 0.200. The molecule has 5 heteroatoms. The van der Waals surface area contributed by atoms with Gasteiger partial charge >= 0.3 is 0 Å². The van der Waals surface area contributed by atoms with Gasteiger partial charge in [-0.3, -0.25) is 0 Å². The average molecular weight is 267 g/mol. The van der Waals surface area contributed by atoms with E-state index in [1.54, 1.807) is 10.9 Å². The van der Waals surface area contributed by atoms with E-state index in [1.807, 2.05) is 36.7 Å². The summed E-state index contributed by atoms with van der Waals surface area (Å²) in [4.78, 5) is 7.93. The molecule has 0 bridgehead atoms. The number of nitrogens with one attached hydrogen (secondary N) is 2. The van der Waals surface area contributed by atoms with Crippen molar-refractivity contribution in [2.24, 2.45) is 0 Å². The Morgan fingerprint density at radius 2 is 2.30 bits per heavy atom. The molecule has 0 fully saturated rings. The van der Waals surface area contributed by atoms with Crippen molar-refractivity contribution in [3.05, 3.63) is 54.6 Å². The number of fused-ring (bicyclic) bond motifs is 1. The second-order valence-corrected chi connectivity index (χ2v) is 4.75. The molecule has 1 aromatic carbocycles. The van der Waals surface area contributed by atoms with Crippen molar-refractivity contribution < 1.29 is 0 Å². The zero-order chi connectivity index (χ0) is 13.9. The molecule has 3 rings (SSSR count). The van der Waals surface area contributed by atoms with Gasteiger partial charge < -0.3 is 10.3 Å². The van der Waals surface area contributed by atoms with Gasteiger partial charge in [-0.1, -0.05) is 18.7 Å². The number of hydrogen-bond acceptors (Lipinski definition) is 3. The molecule has 0 amide bonds. The van der Waals surface area contributed by atoms with Gasteiger partial charge in [0, 0.05) is 24.5 Å². The molecule has 1 atom stereocenters. The maximum absolute atomic E-state index is 4.59. The van der Waals surface area contributed by atoms with Gasteiger partial charge in [-0.25, -0.2) is 9.67 Å². The van der Waals surface area contributed by atoms with E-state index in [-0.39, 0.29) is 6.04 Å². The van der Waals surface area contributed by atoms with E-state index >= 15 is 0 Å². The third kappa shape index (κ3) is 2.48. The van der Waals surface area contributed by atoms with Crippen molar-refractivity contribution in [3.8, 4) is 0 Å².